The molecule has 0 aromatic rings. The van der Waals surface area contributed by atoms with Crippen molar-refractivity contribution in [3.63, 3.8) is 0 Å². The van der Waals surface area contributed by atoms with Gasteiger partial charge >= 0.3 is 0 Å². The minimum atomic E-state index is 0.0719. The van der Waals surface area contributed by atoms with E-state index in [2.05, 4.69) is 46.9 Å². The number of rotatable bonds is 2. The number of hydrogen-bond donors (Lipinski definition) is 1. The molecule has 2 heteroatoms. The van der Waals surface area contributed by atoms with Crippen molar-refractivity contribution < 1.29 is 0 Å². The Morgan fingerprint density at radius 1 is 1.00 bits per heavy atom. The van der Waals surface area contributed by atoms with Crippen LogP contribution in [-0.4, -0.2) is 29.1 Å². The maximum Gasteiger partial charge on any atom is 0.0107 e. The molecule has 0 saturated carbocycles. The van der Waals surface area contributed by atoms with E-state index in [4.69, 9.17) is 0 Å². The van der Waals surface area contributed by atoms with Gasteiger partial charge in [-0.05, 0) is 35.9 Å². The first-order chi connectivity index (χ1) is 7.21. The Kier molecular flexibility index (Phi) is 4.84. The van der Waals surface area contributed by atoms with E-state index in [1.165, 1.54) is 32.0 Å². The standard InChI is InChI=1S/C14H30NP/c1-13(2,3)16(14(4,5)6)11-12-9-7-8-10-15-12/h12,15H,7-11H2,1-6H3. The number of nitrogens with one attached hydrogen (secondary N) is 1. The molecule has 1 aliphatic heterocycles. The molecule has 16 heavy (non-hydrogen) atoms. The Morgan fingerprint density at radius 3 is 1.94 bits per heavy atom. The Balaban J connectivity index is 2.63. The maximum absolute atomic E-state index is 3.71. The number of hydrogen-bond acceptors (Lipinski definition) is 1. The molecule has 1 aliphatic rings. The van der Waals surface area contributed by atoms with E-state index < -0.39 is 0 Å². The van der Waals surface area contributed by atoms with Gasteiger partial charge in [0.25, 0.3) is 0 Å². The van der Waals surface area contributed by atoms with Gasteiger partial charge < -0.3 is 5.32 Å². The third-order valence-corrected chi connectivity index (χ3v) is 7.48. The van der Waals surface area contributed by atoms with E-state index in [1.807, 2.05) is 0 Å². The third kappa shape index (κ3) is 4.34. The van der Waals surface area contributed by atoms with Gasteiger partial charge in [0.15, 0.2) is 0 Å². The van der Waals surface area contributed by atoms with Crippen molar-refractivity contribution in [2.24, 2.45) is 0 Å². The fourth-order valence-corrected chi connectivity index (χ4v) is 6.71. The van der Waals surface area contributed by atoms with Crippen molar-refractivity contribution in [3.05, 3.63) is 0 Å². The average Bonchev–Trinajstić information content (AvgIpc) is 2.12. The molecule has 1 unspecified atom stereocenters. The zero-order valence-corrected chi connectivity index (χ0v) is 13.0. The zero-order chi connectivity index (χ0) is 12.4. The van der Waals surface area contributed by atoms with E-state index >= 15 is 0 Å². The van der Waals surface area contributed by atoms with Crippen molar-refractivity contribution in [1.82, 2.24) is 5.32 Å². The van der Waals surface area contributed by atoms with Crippen LogP contribution < -0.4 is 5.32 Å². The summed E-state index contributed by atoms with van der Waals surface area (Å²) in [5.74, 6) is 0. The molecule has 1 nitrogen and oxygen atoms in total. The molecule has 1 rings (SSSR count). The molecule has 0 aromatic carbocycles. The lowest BCUT2D eigenvalue weighted by Gasteiger charge is -2.44. The molecule has 96 valence electrons. The molecule has 0 aromatic heterocycles. The lowest BCUT2D eigenvalue weighted by atomic mass is 10.1. The SMILES string of the molecule is CC(C)(C)P(CC1CCCCN1)C(C)(C)C. The van der Waals surface area contributed by atoms with Gasteiger partial charge in [0.1, 0.15) is 0 Å². The van der Waals surface area contributed by atoms with Crippen LogP contribution in [0.5, 0.6) is 0 Å². The van der Waals surface area contributed by atoms with Crippen LogP contribution in [0.25, 0.3) is 0 Å². The van der Waals surface area contributed by atoms with Crippen molar-refractivity contribution in [2.75, 3.05) is 12.7 Å². The van der Waals surface area contributed by atoms with E-state index in [0.717, 1.165) is 6.04 Å². The summed E-state index contributed by atoms with van der Waals surface area (Å²) in [6.07, 6.45) is 5.60. The normalized spacial score (nSPS) is 23.8. The second kappa shape index (κ2) is 5.36. The summed E-state index contributed by atoms with van der Waals surface area (Å²) in [6.45, 7) is 15.8. The molecule has 1 heterocycles. The van der Waals surface area contributed by atoms with E-state index in [9.17, 15) is 0 Å². The monoisotopic (exact) mass is 243 g/mol. The average molecular weight is 243 g/mol. The quantitative estimate of drug-likeness (QED) is 0.716. The molecule has 0 radical (unpaired) electrons. The molecule has 1 saturated heterocycles. The highest BCUT2D eigenvalue weighted by molar-refractivity contribution is 7.60. The molecule has 1 N–H and O–H groups in total. The summed E-state index contributed by atoms with van der Waals surface area (Å²) < 4.78 is 0. The molecular formula is C14H30NP. The highest BCUT2D eigenvalue weighted by atomic mass is 31.1. The fraction of sp³-hybridized carbons (Fsp3) is 1.00. The van der Waals surface area contributed by atoms with Crippen LogP contribution in [0.15, 0.2) is 0 Å². The lowest BCUT2D eigenvalue weighted by molar-refractivity contribution is 0.425. The van der Waals surface area contributed by atoms with Crippen molar-refractivity contribution >= 4 is 7.92 Å². The minimum absolute atomic E-state index is 0.0719. The van der Waals surface area contributed by atoms with Crippen LogP contribution >= 0.6 is 7.92 Å². The van der Waals surface area contributed by atoms with E-state index in [1.54, 1.807) is 0 Å². The first-order valence-corrected chi connectivity index (χ1v) is 8.25. The Morgan fingerprint density at radius 2 is 1.56 bits per heavy atom. The minimum Gasteiger partial charge on any atom is -0.314 e. The van der Waals surface area contributed by atoms with Gasteiger partial charge in [-0.25, -0.2) is 0 Å². The fourth-order valence-electron chi connectivity index (χ4n) is 2.85. The number of piperidine rings is 1. The first-order valence-electron chi connectivity index (χ1n) is 6.72. The van der Waals surface area contributed by atoms with E-state index in [-0.39, 0.29) is 7.92 Å². The molecule has 0 amide bonds. The Labute approximate surface area is 104 Å². The summed E-state index contributed by atoms with van der Waals surface area (Å²) in [5.41, 5.74) is 0. The maximum atomic E-state index is 3.71. The lowest BCUT2D eigenvalue weighted by Crippen LogP contribution is -2.40. The van der Waals surface area contributed by atoms with Crippen LogP contribution in [0.4, 0.5) is 0 Å². The van der Waals surface area contributed by atoms with Gasteiger partial charge in [0.2, 0.25) is 0 Å². The van der Waals surface area contributed by atoms with Crippen LogP contribution in [0.3, 0.4) is 0 Å². The van der Waals surface area contributed by atoms with Gasteiger partial charge in [-0.2, -0.15) is 0 Å². The summed E-state index contributed by atoms with van der Waals surface area (Å²) in [5, 5.41) is 4.67. The van der Waals surface area contributed by atoms with Crippen molar-refractivity contribution in [3.8, 4) is 0 Å². The van der Waals surface area contributed by atoms with Gasteiger partial charge in [-0.3, -0.25) is 0 Å². The summed E-state index contributed by atoms with van der Waals surface area (Å²) >= 11 is 0. The molecule has 1 fully saturated rings. The molecular weight excluding hydrogens is 213 g/mol. The highest BCUT2D eigenvalue weighted by Gasteiger charge is 2.35. The summed E-state index contributed by atoms with van der Waals surface area (Å²) in [4.78, 5) is 0. The predicted octanol–water partition coefficient (Wildman–Crippen LogP) is 4.21. The largest absolute Gasteiger partial charge is 0.314 e. The van der Waals surface area contributed by atoms with Gasteiger partial charge in [0.05, 0.1) is 0 Å². The van der Waals surface area contributed by atoms with Gasteiger partial charge in [-0.1, -0.05) is 55.9 Å². The third-order valence-electron chi connectivity index (χ3n) is 3.43. The van der Waals surface area contributed by atoms with Crippen LogP contribution in [-0.2, 0) is 0 Å². The Bertz CT molecular complexity index is 192. The smallest absolute Gasteiger partial charge is 0.0107 e. The molecule has 0 bridgehead atoms. The first kappa shape index (κ1) is 14.5. The second-order valence-electron chi connectivity index (χ2n) is 7.10. The Hall–Kier alpha value is 0.390. The zero-order valence-electron chi connectivity index (χ0n) is 12.1. The van der Waals surface area contributed by atoms with Gasteiger partial charge in [-0.15, -0.1) is 0 Å². The second-order valence-corrected chi connectivity index (χ2v) is 11.0. The summed E-state index contributed by atoms with van der Waals surface area (Å²) in [6, 6.07) is 0.790. The van der Waals surface area contributed by atoms with Gasteiger partial charge in [0, 0.05) is 6.04 Å². The molecule has 0 aliphatic carbocycles. The van der Waals surface area contributed by atoms with Crippen LogP contribution in [0.2, 0.25) is 0 Å². The van der Waals surface area contributed by atoms with Crippen molar-refractivity contribution in [2.45, 2.75) is 77.2 Å². The van der Waals surface area contributed by atoms with Crippen LogP contribution in [0, 0.1) is 0 Å². The summed E-state index contributed by atoms with van der Waals surface area (Å²) in [7, 11) is 0.0719. The molecule has 1 atom stereocenters. The topological polar surface area (TPSA) is 12.0 Å². The van der Waals surface area contributed by atoms with Crippen molar-refractivity contribution in [1.29, 1.82) is 0 Å². The highest BCUT2D eigenvalue weighted by Crippen LogP contribution is 2.59. The molecule has 0 spiro atoms. The van der Waals surface area contributed by atoms with Crippen LogP contribution in [0.1, 0.15) is 60.8 Å². The predicted molar refractivity (Wildman–Crippen MR) is 76.9 cm³/mol. The van der Waals surface area contributed by atoms with E-state index in [0.29, 0.717) is 10.3 Å².